The van der Waals surface area contributed by atoms with Gasteiger partial charge in [0.15, 0.2) is 0 Å². The van der Waals surface area contributed by atoms with Gasteiger partial charge < -0.3 is 9.80 Å². The van der Waals surface area contributed by atoms with Gasteiger partial charge in [0.2, 0.25) is 5.91 Å². The third-order valence-corrected chi connectivity index (χ3v) is 4.43. The van der Waals surface area contributed by atoms with E-state index in [4.69, 9.17) is 11.6 Å². The van der Waals surface area contributed by atoms with Gasteiger partial charge in [-0.2, -0.15) is 0 Å². The SMILES string of the molecule is O=C(/C=C/c1ccncc1)N1CCN(c2ccc(Cl)cc2[N+](=O)[O-])CC1. The molecular formula is C18H17ClN4O3. The van der Waals surface area contributed by atoms with E-state index in [1.165, 1.54) is 12.1 Å². The van der Waals surface area contributed by atoms with Crippen molar-refractivity contribution in [3.63, 3.8) is 0 Å². The Morgan fingerprint density at radius 1 is 1.15 bits per heavy atom. The third-order valence-electron chi connectivity index (χ3n) is 4.19. The van der Waals surface area contributed by atoms with Crippen LogP contribution in [0, 0.1) is 10.1 Å². The molecule has 2 heterocycles. The molecule has 0 unspecified atom stereocenters. The smallest absolute Gasteiger partial charge is 0.294 e. The van der Waals surface area contributed by atoms with Crippen molar-refractivity contribution in [2.24, 2.45) is 0 Å². The normalized spacial score (nSPS) is 14.7. The standard InChI is InChI=1S/C18H17ClN4O3/c19-15-2-3-16(17(13-15)23(25)26)21-9-11-22(12-10-21)18(24)4-1-14-5-7-20-8-6-14/h1-8,13H,9-12H2/b4-1+. The van der Waals surface area contributed by atoms with E-state index < -0.39 is 4.92 Å². The number of carbonyl (C=O) groups is 1. The van der Waals surface area contributed by atoms with E-state index in [1.807, 2.05) is 17.0 Å². The summed E-state index contributed by atoms with van der Waals surface area (Å²) in [5.74, 6) is -0.0768. The van der Waals surface area contributed by atoms with Crippen LogP contribution in [0.1, 0.15) is 5.56 Å². The monoisotopic (exact) mass is 372 g/mol. The van der Waals surface area contributed by atoms with E-state index in [0.717, 1.165) is 5.56 Å². The molecular weight excluding hydrogens is 356 g/mol. The topological polar surface area (TPSA) is 79.6 Å². The van der Waals surface area contributed by atoms with Gasteiger partial charge in [0, 0.05) is 55.7 Å². The van der Waals surface area contributed by atoms with Crippen molar-refractivity contribution in [1.29, 1.82) is 0 Å². The zero-order valence-electron chi connectivity index (χ0n) is 13.9. The average molecular weight is 373 g/mol. The second kappa shape index (κ2) is 7.97. The van der Waals surface area contributed by atoms with Gasteiger partial charge in [0.25, 0.3) is 5.69 Å². The Kier molecular flexibility index (Phi) is 5.48. The molecule has 0 bridgehead atoms. The predicted molar refractivity (Wildman–Crippen MR) is 100 cm³/mol. The second-order valence-corrected chi connectivity index (χ2v) is 6.25. The number of pyridine rings is 1. The van der Waals surface area contributed by atoms with Crippen LogP contribution < -0.4 is 4.90 Å². The van der Waals surface area contributed by atoms with E-state index in [-0.39, 0.29) is 11.6 Å². The van der Waals surface area contributed by atoms with Crippen molar-refractivity contribution in [3.8, 4) is 0 Å². The van der Waals surface area contributed by atoms with Crippen LogP contribution in [-0.2, 0) is 4.79 Å². The van der Waals surface area contributed by atoms with Crippen LogP contribution in [0.2, 0.25) is 5.02 Å². The van der Waals surface area contributed by atoms with Crippen LogP contribution in [0.3, 0.4) is 0 Å². The Labute approximate surface area is 155 Å². The van der Waals surface area contributed by atoms with Crippen LogP contribution >= 0.6 is 11.6 Å². The number of anilines is 1. The highest BCUT2D eigenvalue weighted by Gasteiger charge is 2.25. The first-order valence-electron chi connectivity index (χ1n) is 8.10. The number of rotatable bonds is 4. The van der Waals surface area contributed by atoms with E-state index in [0.29, 0.717) is 36.9 Å². The fraction of sp³-hybridized carbons (Fsp3) is 0.222. The molecule has 0 atom stereocenters. The first-order valence-corrected chi connectivity index (χ1v) is 8.48. The molecule has 1 amide bonds. The molecule has 1 aromatic heterocycles. The summed E-state index contributed by atoms with van der Waals surface area (Å²) in [6.07, 6.45) is 6.63. The Morgan fingerprint density at radius 2 is 1.85 bits per heavy atom. The molecule has 0 N–H and O–H groups in total. The van der Waals surface area contributed by atoms with Crippen molar-refractivity contribution in [3.05, 3.63) is 69.5 Å². The number of nitrogens with zero attached hydrogens (tertiary/aromatic N) is 4. The number of nitro benzene ring substituents is 1. The minimum atomic E-state index is -0.434. The molecule has 3 rings (SSSR count). The highest BCUT2D eigenvalue weighted by molar-refractivity contribution is 6.30. The Balaban J connectivity index is 1.63. The van der Waals surface area contributed by atoms with E-state index in [1.54, 1.807) is 35.5 Å². The molecule has 8 heteroatoms. The van der Waals surface area contributed by atoms with Gasteiger partial charge >= 0.3 is 0 Å². The number of hydrogen-bond donors (Lipinski definition) is 0. The summed E-state index contributed by atoms with van der Waals surface area (Å²) in [7, 11) is 0. The molecule has 1 aliphatic rings. The van der Waals surface area contributed by atoms with Gasteiger partial charge in [-0.15, -0.1) is 0 Å². The third kappa shape index (κ3) is 4.18. The lowest BCUT2D eigenvalue weighted by atomic mass is 10.2. The predicted octanol–water partition coefficient (Wildman–Crippen LogP) is 3.01. The summed E-state index contributed by atoms with van der Waals surface area (Å²) in [5.41, 5.74) is 1.41. The van der Waals surface area contributed by atoms with E-state index in [2.05, 4.69) is 4.98 Å². The largest absolute Gasteiger partial charge is 0.362 e. The van der Waals surface area contributed by atoms with Crippen molar-refractivity contribution in [1.82, 2.24) is 9.88 Å². The maximum Gasteiger partial charge on any atom is 0.294 e. The van der Waals surface area contributed by atoms with Crippen molar-refractivity contribution < 1.29 is 9.72 Å². The summed E-state index contributed by atoms with van der Waals surface area (Å²) in [6.45, 7) is 2.05. The summed E-state index contributed by atoms with van der Waals surface area (Å²) in [4.78, 5) is 30.7. The number of piperazine rings is 1. The Bertz CT molecular complexity index is 834. The first-order chi connectivity index (χ1) is 12.5. The molecule has 134 valence electrons. The second-order valence-electron chi connectivity index (χ2n) is 5.82. The molecule has 2 aromatic rings. The van der Waals surface area contributed by atoms with Gasteiger partial charge in [-0.25, -0.2) is 0 Å². The zero-order chi connectivity index (χ0) is 18.5. The van der Waals surface area contributed by atoms with Crippen LogP contribution in [0.15, 0.2) is 48.8 Å². The van der Waals surface area contributed by atoms with Crippen LogP contribution in [0.5, 0.6) is 0 Å². The van der Waals surface area contributed by atoms with Gasteiger partial charge in [0.05, 0.1) is 4.92 Å². The first kappa shape index (κ1) is 17.9. The number of halogens is 1. The van der Waals surface area contributed by atoms with Gasteiger partial charge in [0.1, 0.15) is 5.69 Å². The average Bonchev–Trinajstić information content (AvgIpc) is 2.67. The quantitative estimate of drug-likeness (QED) is 0.468. The Hall–Kier alpha value is -2.93. The fourth-order valence-electron chi connectivity index (χ4n) is 2.83. The molecule has 1 aliphatic heterocycles. The number of carbonyl (C=O) groups excluding carboxylic acids is 1. The molecule has 1 saturated heterocycles. The van der Waals surface area contributed by atoms with Gasteiger partial charge in [-0.3, -0.25) is 19.9 Å². The number of aromatic nitrogens is 1. The maximum absolute atomic E-state index is 12.3. The molecule has 7 nitrogen and oxygen atoms in total. The highest BCUT2D eigenvalue weighted by Crippen LogP contribution is 2.31. The number of amides is 1. The van der Waals surface area contributed by atoms with Crippen molar-refractivity contribution >= 4 is 35.0 Å². The highest BCUT2D eigenvalue weighted by atomic mass is 35.5. The molecule has 1 aromatic carbocycles. The minimum Gasteiger partial charge on any atom is -0.362 e. The molecule has 0 spiro atoms. The summed E-state index contributed by atoms with van der Waals surface area (Å²) in [6, 6.07) is 8.29. The van der Waals surface area contributed by atoms with Gasteiger partial charge in [-0.05, 0) is 35.9 Å². The summed E-state index contributed by atoms with van der Waals surface area (Å²) < 4.78 is 0. The number of nitro groups is 1. The summed E-state index contributed by atoms with van der Waals surface area (Å²) in [5, 5.41) is 11.6. The van der Waals surface area contributed by atoms with Crippen molar-refractivity contribution in [2.45, 2.75) is 0 Å². The lowest BCUT2D eigenvalue weighted by molar-refractivity contribution is -0.384. The lowest BCUT2D eigenvalue weighted by Crippen LogP contribution is -2.48. The fourth-order valence-corrected chi connectivity index (χ4v) is 2.99. The van der Waals surface area contributed by atoms with Crippen LogP contribution in [-0.4, -0.2) is 46.9 Å². The summed E-state index contributed by atoms with van der Waals surface area (Å²) >= 11 is 5.86. The van der Waals surface area contributed by atoms with Gasteiger partial charge in [-0.1, -0.05) is 11.6 Å². The van der Waals surface area contributed by atoms with Crippen molar-refractivity contribution in [2.75, 3.05) is 31.1 Å². The minimum absolute atomic E-state index is 0.0186. The van der Waals surface area contributed by atoms with E-state index >= 15 is 0 Å². The lowest BCUT2D eigenvalue weighted by Gasteiger charge is -2.35. The number of hydrogen-bond acceptors (Lipinski definition) is 5. The molecule has 0 radical (unpaired) electrons. The molecule has 1 fully saturated rings. The zero-order valence-corrected chi connectivity index (χ0v) is 14.7. The maximum atomic E-state index is 12.3. The molecule has 0 saturated carbocycles. The van der Waals surface area contributed by atoms with Crippen LogP contribution in [0.25, 0.3) is 6.08 Å². The number of benzene rings is 1. The van der Waals surface area contributed by atoms with E-state index in [9.17, 15) is 14.9 Å². The van der Waals surface area contributed by atoms with Crippen LogP contribution in [0.4, 0.5) is 11.4 Å². The molecule has 0 aliphatic carbocycles. The molecule has 26 heavy (non-hydrogen) atoms. The Morgan fingerprint density at radius 3 is 2.50 bits per heavy atom.